The summed E-state index contributed by atoms with van der Waals surface area (Å²) in [6, 6.07) is 1.67. The van der Waals surface area contributed by atoms with E-state index in [0.717, 1.165) is 25.2 Å². The third-order valence-electron chi connectivity index (χ3n) is 3.50. The summed E-state index contributed by atoms with van der Waals surface area (Å²) in [4.78, 5) is 2.60. The molecular formula is C14H26N2. The van der Waals surface area contributed by atoms with E-state index in [-0.39, 0.29) is 0 Å². The largest absolute Gasteiger partial charge is 0.313 e. The molecule has 2 rings (SSSR count). The van der Waals surface area contributed by atoms with Crippen LogP contribution in [-0.2, 0) is 0 Å². The molecule has 2 aliphatic rings. The Labute approximate surface area is 100 Å². The van der Waals surface area contributed by atoms with Gasteiger partial charge in [-0.15, -0.1) is 6.58 Å². The molecule has 0 aromatic rings. The molecule has 0 radical (unpaired) electrons. The van der Waals surface area contributed by atoms with Crippen LogP contribution in [0.15, 0.2) is 12.7 Å². The summed E-state index contributed by atoms with van der Waals surface area (Å²) < 4.78 is 0. The topological polar surface area (TPSA) is 15.3 Å². The van der Waals surface area contributed by atoms with Gasteiger partial charge in [0.2, 0.25) is 0 Å². The Morgan fingerprint density at radius 3 is 2.50 bits per heavy atom. The average Bonchev–Trinajstić information content (AvgIpc) is 3.06. The van der Waals surface area contributed by atoms with Crippen LogP contribution in [0.4, 0.5) is 0 Å². The Morgan fingerprint density at radius 2 is 2.00 bits per heavy atom. The zero-order valence-electron chi connectivity index (χ0n) is 10.8. The van der Waals surface area contributed by atoms with Gasteiger partial charge in [0.05, 0.1) is 0 Å². The first-order chi connectivity index (χ1) is 7.61. The molecular weight excluding hydrogens is 196 g/mol. The van der Waals surface area contributed by atoms with Crippen LogP contribution in [0.25, 0.3) is 0 Å². The number of nitrogens with zero attached hydrogens (tertiary/aromatic N) is 1. The van der Waals surface area contributed by atoms with Gasteiger partial charge in [0, 0.05) is 31.7 Å². The number of hydrogen-bond donors (Lipinski definition) is 1. The number of hydrogen-bond acceptors (Lipinski definition) is 2. The summed E-state index contributed by atoms with van der Waals surface area (Å²) in [7, 11) is 0. The van der Waals surface area contributed by atoms with E-state index in [4.69, 9.17) is 0 Å². The molecule has 0 atom stereocenters. The van der Waals surface area contributed by atoms with Crippen LogP contribution < -0.4 is 5.32 Å². The van der Waals surface area contributed by atoms with Crippen molar-refractivity contribution < 1.29 is 0 Å². The highest BCUT2D eigenvalue weighted by Crippen LogP contribution is 2.30. The quantitative estimate of drug-likeness (QED) is 0.635. The lowest BCUT2D eigenvalue weighted by Crippen LogP contribution is -2.42. The van der Waals surface area contributed by atoms with Crippen LogP contribution in [0.2, 0.25) is 0 Å². The van der Waals surface area contributed by atoms with Gasteiger partial charge in [-0.25, -0.2) is 0 Å². The van der Waals surface area contributed by atoms with Crippen molar-refractivity contribution in [2.45, 2.75) is 51.6 Å². The molecule has 2 aliphatic carbocycles. The molecule has 0 aromatic carbocycles. The summed E-state index contributed by atoms with van der Waals surface area (Å²) in [6.07, 6.45) is 7.59. The second kappa shape index (κ2) is 4.89. The molecule has 0 saturated heterocycles. The van der Waals surface area contributed by atoms with Crippen molar-refractivity contribution in [1.29, 1.82) is 0 Å². The molecule has 2 saturated carbocycles. The van der Waals surface area contributed by atoms with Crippen molar-refractivity contribution in [1.82, 2.24) is 10.2 Å². The van der Waals surface area contributed by atoms with E-state index in [1.54, 1.807) is 0 Å². The van der Waals surface area contributed by atoms with E-state index in [1.807, 2.05) is 6.08 Å². The van der Waals surface area contributed by atoms with E-state index in [9.17, 15) is 0 Å². The second-order valence-electron chi connectivity index (χ2n) is 6.27. The van der Waals surface area contributed by atoms with E-state index in [0.29, 0.717) is 5.41 Å². The maximum absolute atomic E-state index is 3.87. The van der Waals surface area contributed by atoms with Gasteiger partial charge in [-0.1, -0.05) is 19.9 Å². The molecule has 0 bridgehead atoms. The Balaban J connectivity index is 1.76. The first kappa shape index (κ1) is 12.1. The lowest BCUT2D eigenvalue weighted by atomic mass is 9.92. The third kappa shape index (κ3) is 3.91. The lowest BCUT2D eigenvalue weighted by molar-refractivity contribution is 0.180. The lowest BCUT2D eigenvalue weighted by Gasteiger charge is -2.32. The fraction of sp³-hybridized carbons (Fsp3) is 0.857. The zero-order valence-corrected chi connectivity index (χ0v) is 10.8. The Bertz CT molecular complexity index is 239. The summed E-state index contributed by atoms with van der Waals surface area (Å²) in [5.74, 6) is 0. The summed E-state index contributed by atoms with van der Waals surface area (Å²) in [6.45, 7) is 12.0. The maximum atomic E-state index is 3.87. The molecule has 16 heavy (non-hydrogen) atoms. The Hall–Kier alpha value is -0.340. The number of nitrogens with one attached hydrogen (secondary N) is 1. The van der Waals surface area contributed by atoms with Crippen molar-refractivity contribution in [2.24, 2.45) is 5.41 Å². The summed E-state index contributed by atoms with van der Waals surface area (Å²) >= 11 is 0. The van der Waals surface area contributed by atoms with Gasteiger partial charge in [-0.05, 0) is 31.1 Å². The standard InChI is InChI=1S/C14H26N2/c1-4-9-16(13-7-8-13)11-14(2,3)10-15-12-5-6-12/h4,12-13,15H,1,5-11H2,2-3H3. The minimum atomic E-state index is 0.383. The van der Waals surface area contributed by atoms with Gasteiger partial charge in [-0.3, -0.25) is 4.90 Å². The van der Waals surface area contributed by atoms with Gasteiger partial charge < -0.3 is 5.32 Å². The van der Waals surface area contributed by atoms with Gasteiger partial charge >= 0.3 is 0 Å². The van der Waals surface area contributed by atoms with Crippen LogP contribution in [0.1, 0.15) is 39.5 Å². The second-order valence-corrected chi connectivity index (χ2v) is 6.27. The molecule has 2 heteroatoms. The molecule has 0 aliphatic heterocycles. The van der Waals surface area contributed by atoms with Crippen LogP contribution >= 0.6 is 0 Å². The number of rotatable bonds is 8. The first-order valence-corrected chi connectivity index (χ1v) is 6.69. The molecule has 0 heterocycles. The van der Waals surface area contributed by atoms with Crippen LogP contribution in [-0.4, -0.2) is 36.6 Å². The van der Waals surface area contributed by atoms with Crippen molar-refractivity contribution >= 4 is 0 Å². The highest BCUT2D eigenvalue weighted by molar-refractivity contribution is 4.92. The van der Waals surface area contributed by atoms with Crippen molar-refractivity contribution in [3.63, 3.8) is 0 Å². The monoisotopic (exact) mass is 222 g/mol. The predicted molar refractivity (Wildman–Crippen MR) is 69.6 cm³/mol. The molecule has 2 fully saturated rings. The van der Waals surface area contributed by atoms with Crippen LogP contribution in [0.3, 0.4) is 0 Å². The van der Waals surface area contributed by atoms with Gasteiger partial charge in [0.1, 0.15) is 0 Å². The molecule has 0 aromatic heterocycles. The van der Waals surface area contributed by atoms with Crippen LogP contribution in [0.5, 0.6) is 0 Å². The van der Waals surface area contributed by atoms with Crippen molar-refractivity contribution in [2.75, 3.05) is 19.6 Å². The normalized spacial score (nSPS) is 21.4. The first-order valence-electron chi connectivity index (χ1n) is 6.69. The minimum absolute atomic E-state index is 0.383. The average molecular weight is 222 g/mol. The van der Waals surface area contributed by atoms with Gasteiger partial charge in [0.15, 0.2) is 0 Å². The smallest absolute Gasteiger partial charge is 0.0163 e. The Morgan fingerprint density at radius 1 is 1.31 bits per heavy atom. The Kier molecular flexibility index (Phi) is 3.70. The minimum Gasteiger partial charge on any atom is -0.313 e. The molecule has 2 nitrogen and oxygen atoms in total. The van der Waals surface area contributed by atoms with Crippen molar-refractivity contribution in [3.8, 4) is 0 Å². The van der Waals surface area contributed by atoms with Crippen LogP contribution in [0, 0.1) is 5.41 Å². The molecule has 0 amide bonds. The molecule has 1 N–H and O–H groups in total. The van der Waals surface area contributed by atoms with Gasteiger partial charge in [0.25, 0.3) is 0 Å². The summed E-state index contributed by atoms with van der Waals surface area (Å²) in [5.41, 5.74) is 0.383. The fourth-order valence-electron chi connectivity index (χ4n) is 2.26. The van der Waals surface area contributed by atoms with Crippen molar-refractivity contribution in [3.05, 3.63) is 12.7 Å². The van der Waals surface area contributed by atoms with E-state index in [2.05, 4.69) is 30.6 Å². The van der Waals surface area contributed by atoms with E-state index >= 15 is 0 Å². The van der Waals surface area contributed by atoms with E-state index in [1.165, 1.54) is 32.2 Å². The van der Waals surface area contributed by atoms with Gasteiger partial charge in [-0.2, -0.15) is 0 Å². The highest BCUT2D eigenvalue weighted by atomic mass is 15.2. The highest BCUT2D eigenvalue weighted by Gasteiger charge is 2.33. The summed E-state index contributed by atoms with van der Waals surface area (Å²) in [5, 5.41) is 3.65. The predicted octanol–water partition coefficient (Wildman–Crippen LogP) is 2.42. The molecule has 0 unspecified atom stereocenters. The molecule has 0 spiro atoms. The zero-order chi connectivity index (χ0) is 11.6. The molecule has 92 valence electrons. The third-order valence-corrected chi connectivity index (χ3v) is 3.50. The fourth-order valence-corrected chi connectivity index (χ4v) is 2.26. The maximum Gasteiger partial charge on any atom is 0.0163 e. The SMILES string of the molecule is C=CCN(CC(C)(C)CNC1CC1)C1CC1. The van der Waals surface area contributed by atoms with E-state index < -0.39 is 0 Å².